The molecular formula is C29H36N2O8. The molecule has 2 aromatic rings. The molecule has 0 radical (unpaired) electrons. The largest absolute Gasteiger partial charge is 0.497 e. The van der Waals surface area contributed by atoms with Crippen LogP contribution in [0.4, 0.5) is 4.79 Å². The van der Waals surface area contributed by atoms with Crippen molar-refractivity contribution in [2.45, 2.75) is 76.9 Å². The van der Waals surface area contributed by atoms with Gasteiger partial charge in [0.1, 0.15) is 37.2 Å². The number of alkyl carbamates (subject to hydrolysis) is 1. The number of hydrogen-bond donors (Lipinski definition) is 2. The lowest BCUT2D eigenvalue weighted by molar-refractivity contribution is -0.152. The molecule has 0 heterocycles. The van der Waals surface area contributed by atoms with E-state index in [4.69, 9.17) is 18.9 Å². The van der Waals surface area contributed by atoms with Crippen LogP contribution in [0.5, 0.6) is 5.75 Å². The van der Waals surface area contributed by atoms with Crippen molar-refractivity contribution in [3.05, 3.63) is 65.7 Å². The number of methoxy groups -OCH3 is 1. The van der Waals surface area contributed by atoms with Crippen LogP contribution in [0.25, 0.3) is 0 Å². The van der Waals surface area contributed by atoms with E-state index in [1.165, 1.54) is 6.92 Å². The normalized spacial score (nSPS) is 14.8. The summed E-state index contributed by atoms with van der Waals surface area (Å²) in [7, 11) is 1.56. The molecule has 1 aliphatic carbocycles. The standard InChI is InChI=1S/C29H36N2O8/c1-20(28(34)37-18-22-13-15-23(36-2)16-14-22)30-27(33)25(17-26(32)39-24-11-7-4-8-12-24)31-29(35)38-19-21-9-5-3-6-10-21/h3,5-6,9-10,13-16,20,24-25H,4,7-8,11-12,17-19H2,1-2H3,(H,30,33)(H,31,35)/t20-,25-/m0/s1. The highest BCUT2D eigenvalue weighted by Gasteiger charge is 2.29. The average molecular weight is 541 g/mol. The Morgan fingerprint density at radius 2 is 1.49 bits per heavy atom. The molecule has 3 rings (SSSR count). The molecule has 1 fully saturated rings. The highest BCUT2D eigenvalue weighted by atomic mass is 16.6. The number of carbonyl (C=O) groups excluding carboxylic acids is 4. The minimum absolute atomic E-state index is 0.00421. The van der Waals surface area contributed by atoms with Crippen molar-refractivity contribution in [1.29, 1.82) is 0 Å². The molecular weight excluding hydrogens is 504 g/mol. The first-order valence-corrected chi connectivity index (χ1v) is 13.1. The summed E-state index contributed by atoms with van der Waals surface area (Å²) in [6, 6.07) is 13.7. The quantitative estimate of drug-likeness (QED) is 0.307. The zero-order valence-electron chi connectivity index (χ0n) is 22.4. The second kappa shape index (κ2) is 15.4. The van der Waals surface area contributed by atoms with Gasteiger partial charge >= 0.3 is 18.0 Å². The SMILES string of the molecule is COc1ccc(COC(=O)[C@H](C)NC(=O)[C@H](CC(=O)OC2CCCCC2)NC(=O)OCc2ccccc2)cc1. The maximum Gasteiger partial charge on any atom is 0.408 e. The number of carbonyl (C=O) groups is 4. The highest BCUT2D eigenvalue weighted by Crippen LogP contribution is 2.21. The Morgan fingerprint density at radius 1 is 0.846 bits per heavy atom. The van der Waals surface area contributed by atoms with Crippen LogP contribution in [-0.4, -0.2) is 49.2 Å². The molecule has 1 saturated carbocycles. The summed E-state index contributed by atoms with van der Waals surface area (Å²) in [5.41, 5.74) is 1.51. The molecule has 2 aromatic carbocycles. The monoisotopic (exact) mass is 540 g/mol. The Morgan fingerprint density at radius 3 is 2.15 bits per heavy atom. The van der Waals surface area contributed by atoms with E-state index in [1.54, 1.807) is 43.5 Å². The molecule has 1 aliphatic rings. The van der Waals surface area contributed by atoms with E-state index in [1.807, 2.05) is 18.2 Å². The summed E-state index contributed by atoms with van der Waals surface area (Å²) >= 11 is 0. The van der Waals surface area contributed by atoms with Crippen molar-refractivity contribution in [1.82, 2.24) is 10.6 Å². The highest BCUT2D eigenvalue weighted by molar-refractivity contribution is 5.92. The fraction of sp³-hybridized carbons (Fsp3) is 0.448. The first-order valence-electron chi connectivity index (χ1n) is 13.1. The van der Waals surface area contributed by atoms with Crippen molar-refractivity contribution in [3.63, 3.8) is 0 Å². The second-order valence-electron chi connectivity index (χ2n) is 9.40. The van der Waals surface area contributed by atoms with Crippen LogP contribution in [0.3, 0.4) is 0 Å². The lowest BCUT2D eigenvalue weighted by Crippen LogP contribution is -2.52. The Kier molecular flexibility index (Phi) is 11.6. The summed E-state index contributed by atoms with van der Waals surface area (Å²) in [4.78, 5) is 50.6. The molecule has 10 heteroatoms. The van der Waals surface area contributed by atoms with Crippen LogP contribution in [0.15, 0.2) is 54.6 Å². The Hall–Kier alpha value is -4.08. The fourth-order valence-corrected chi connectivity index (χ4v) is 4.07. The minimum atomic E-state index is -1.30. The maximum absolute atomic E-state index is 13.0. The van der Waals surface area contributed by atoms with E-state index in [-0.39, 0.29) is 19.3 Å². The average Bonchev–Trinajstić information content (AvgIpc) is 2.95. The van der Waals surface area contributed by atoms with E-state index >= 15 is 0 Å². The molecule has 0 aliphatic heterocycles. The van der Waals surface area contributed by atoms with Gasteiger partial charge in [0.15, 0.2) is 0 Å². The first-order chi connectivity index (χ1) is 18.8. The van der Waals surface area contributed by atoms with Gasteiger partial charge in [0.05, 0.1) is 13.5 Å². The summed E-state index contributed by atoms with van der Waals surface area (Å²) in [6.45, 7) is 1.45. The van der Waals surface area contributed by atoms with Crippen molar-refractivity contribution in [3.8, 4) is 5.75 Å². The lowest BCUT2D eigenvalue weighted by Gasteiger charge is -2.24. The number of ether oxygens (including phenoxy) is 4. The smallest absolute Gasteiger partial charge is 0.408 e. The molecule has 39 heavy (non-hydrogen) atoms. The van der Waals surface area contributed by atoms with Crippen LogP contribution < -0.4 is 15.4 Å². The number of amides is 2. The van der Waals surface area contributed by atoms with Crippen molar-refractivity contribution in [2.75, 3.05) is 7.11 Å². The van der Waals surface area contributed by atoms with Gasteiger partial charge in [-0.15, -0.1) is 0 Å². The van der Waals surface area contributed by atoms with Crippen molar-refractivity contribution < 1.29 is 38.1 Å². The first kappa shape index (κ1) is 29.5. The number of hydrogen-bond acceptors (Lipinski definition) is 8. The van der Waals surface area contributed by atoms with Crippen molar-refractivity contribution >= 4 is 23.9 Å². The molecule has 0 unspecified atom stereocenters. The van der Waals surface area contributed by atoms with E-state index in [0.717, 1.165) is 43.2 Å². The molecule has 0 aromatic heterocycles. The number of esters is 2. The maximum atomic E-state index is 13.0. The van der Waals surface area contributed by atoms with Gasteiger partial charge in [0.25, 0.3) is 0 Å². The Labute approximate surface area is 228 Å². The zero-order valence-corrected chi connectivity index (χ0v) is 22.4. The zero-order chi connectivity index (χ0) is 28.0. The summed E-state index contributed by atoms with van der Waals surface area (Å²) in [6.07, 6.45) is 3.10. The third kappa shape index (κ3) is 10.3. The molecule has 2 atom stereocenters. The molecule has 210 valence electrons. The summed E-state index contributed by atoms with van der Waals surface area (Å²) in [5, 5.41) is 4.94. The molecule has 0 spiro atoms. The van der Waals surface area contributed by atoms with E-state index < -0.39 is 42.4 Å². The van der Waals surface area contributed by atoms with Crippen LogP contribution >= 0.6 is 0 Å². The topological polar surface area (TPSA) is 129 Å². The minimum Gasteiger partial charge on any atom is -0.497 e. The predicted octanol–water partition coefficient (Wildman–Crippen LogP) is 3.80. The molecule has 0 saturated heterocycles. The number of nitrogens with one attached hydrogen (secondary N) is 2. The molecule has 10 nitrogen and oxygen atoms in total. The Balaban J connectivity index is 1.55. The van der Waals surface area contributed by atoms with Gasteiger partial charge in [-0.25, -0.2) is 9.59 Å². The molecule has 2 N–H and O–H groups in total. The molecule has 2 amide bonds. The van der Waals surface area contributed by atoms with Gasteiger partial charge in [-0.1, -0.05) is 48.9 Å². The third-order valence-corrected chi connectivity index (χ3v) is 6.29. The van der Waals surface area contributed by atoms with Crippen molar-refractivity contribution in [2.24, 2.45) is 0 Å². The lowest BCUT2D eigenvalue weighted by atomic mass is 9.98. The molecule has 0 bridgehead atoms. The van der Waals surface area contributed by atoms with Crippen LogP contribution in [0, 0.1) is 0 Å². The van der Waals surface area contributed by atoms with Gasteiger partial charge < -0.3 is 29.6 Å². The van der Waals surface area contributed by atoms with Gasteiger partial charge in [0.2, 0.25) is 5.91 Å². The van der Waals surface area contributed by atoms with Gasteiger partial charge in [0, 0.05) is 0 Å². The number of rotatable bonds is 12. The third-order valence-electron chi connectivity index (χ3n) is 6.29. The van der Waals surface area contributed by atoms with Crippen LogP contribution in [-0.2, 0) is 41.8 Å². The second-order valence-corrected chi connectivity index (χ2v) is 9.40. The van der Waals surface area contributed by atoms with E-state index in [2.05, 4.69) is 10.6 Å². The van der Waals surface area contributed by atoms with Gasteiger partial charge in [-0.3, -0.25) is 9.59 Å². The van der Waals surface area contributed by atoms with Gasteiger partial charge in [-0.05, 0) is 55.9 Å². The fourth-order valence-electron chi connectivity index (χ4n) is 4.07. The Bertz CT molecular complexity index is 1080. The van der Waals surface area contributed by atoms with E-state index in [0.29, 0.717) is 5.75 Å². The van der Waals surface area contributed by atoms with Crippen LogP contribution in [0.2, 0.25) is 0 Å². The van der Waals surface area contributed by atoms with Crippen LogP contribution in [0.1, 0.15) is 56.6 Å². The van der Waals surface area contributed by atoms with E-state index in [9.17, 15) is 19.2 Å². The number of benzene rings is 2. The summed E-state index contributed by atoms with van der Waals surface area (Å²) < 4.78 is 21.1. The van der Waals surface area contributed by atoms with Gasteiger partial charge in [-0.2, -0.15) is 0 Å². The predicted molar refractivity (Wildman–Crippen MR) is 142 cm³/mol. The summed E-state index contributed by atoms with van der Waals surface area (Å²) in [5.74, 6) is -1.34.